The van der Waals surface area contributed by atoms with E-state index in [4.69, 9.17) is 4.74 Å². The minimum Gasteiger partial charge on any atom is -0.479 e. The fourth-order valence-corrected chi connectivity index (χ4v) is 3.58. The monoisotopic (exact) mass is 469 g/mol. The molecule has 2 aromatic heterocycles. The van der Waals surface area contributed by atoms with Gasteiger partial charge in [-0.25, -0.2) is 9.78 Å². The van der Waals surface area contributed by atoms with Crippen molar-refractivity contribution in [1.82, 2.24) is 14.5 Å². The lowest BCUT2D eigenvalue weighted by Gasteiger charge is -2.20. The quantitative estimate of drug-likeness (QED) is 0.344. The number of aliphatic carboxylic acids is 1. The van der Waals surface area contributed by atoms with Crippen LogP contribution in [0.15, 0.2) is 73.1 Å². The number of allylic oxidation sites excluding steroid dienone is 1. The van der Waals surface area contributed by atoms with E-state index in [-0.39, 0.29) is 12.4 Å². The van der Waals surface area contributed by atoms with Crippen molar-refractivity contribution in [2.24, 2.45) is 0 Å². The van der Waals surface area contributed by atoms with E-state index in [1.165, 1.54) is 13.8 Å². The van der Waals surface area contributed by atoms with Crippen molar-refractivity contribution in [3.05, 3.63) is 101 Å². The highest BCUT2D eigenvalue weighted by Gasteiger charge is 2.27. The van der Waals surface area contributed by atoms with E-state index < -0.39 is 11.6 Å². The third-order valence-corrected chi connectivity index (χ3v) is 5.73. The minimum absolute atomic E-state index is 0.144. The highest BCUT2D eigenvalue weighted by atomic mass is 16.5. The Balaban J connectivity index is 1.56. The molecule has 0 spiro atoms. The number of aryl methyl sites for hydroxylation is 1. The van der Waals surface area contributed by atoms with E-state index >= 15 is 0 Å². The lowest BCUT2D eigenvalue weighted by molar-refractivity contribution is -0.162. The number of carbonyl (C=O) groups excluding carboxylic acids is 1. The molecule has 7 heteroatoms. The minimum atomic E-state index is -1.26. The summed E-state index contributed by atoms with van der Waals surface area (Å²) in [7, 11) is 0. The molecule has 0 bridgehead atoms. The van der Waals surface area contributed by atoms with Crippen molar-refractivity contribution in [2.45, 2.75) is 39.5 Å². The number of hydrogen-bond acceptors (Lipinski definition) is 5. The molecule has 0 amide bonds. The molecule has 2 heterocycles. The van der Waals surface area contributed by atoms with Gasteiger partial charge in [-0.05, 0) is 44.0 Å². The van der Waals surface area contributed by atoms with Crippen molar-refractivity contribution >= 4 is 28.9 Å². The molecule has 0 aliphatic carbocycles. The van der Waals surface area contributed by atoms with Crippen molar-refractivity contribution in [3.8, 4) is 0 Å². The molecule has 178 valence electrons. The topological polar surface area (TPSA) is 94.3 Å². The van der Waals surface area contributed by atoms with E-state index in [1.54, 1.807) is 12.4 Å². The second kappa shape index (κ2) is 10.0. The summed E-state index contributed by atoms with van der Waals surface area (Å²) < 4.78 is 7.44. The van der Waals surface area contributed by atoms with Crippen LogP contribution in [0.3, 0.4) is 0 Å². The predicted molar refractivity (Wildman–Crippen MR) is 134 cm³/mol. The summed E-state index contributed by atoms with van der Waals surface area (Å²) in [4.78, 5) is 33.2. The number of imidazole rings is 1. The fourth-order valence-electron chi connectivity index (χ4n) is 3.58. The molecule has 1 N–H and O–H groups in total. The molecule has 0 aliphatic rings. The second-order valence-corrected chi connectivity index (χ2v) is 8.86. The van der Waals surface area contributed by atoms with Gasteiger partial charge in [0.2, 0.25) is 5.78 Å². The molecular formula is C28H27N3O4. The molecule has 0 saturated carbocycles. The van der Waals surface area contributed by atoms with Gasteiger partial charge < -0.3 is 14.4 Å². The van der Waals surface area contributed by atoms with Gasteiger partial charge in [0.25, 0.3) is 0 Å². The van der Waals surface area contributed by atoms with Gasteiger partial charge >= 0.3 is 5.97 Å². The second-order valence-electron chi connectivity index (χ2n) is 8.86. The maximum Gasteiger partial charge on any atom is 0.335 e. The first-order valence-electron chi connectivity index (χ1n) is 11.3. The molecule has 0 fully saturated rings. The lowest BCUT2D eigenvalue weighted by Crippen LogP contribution is -2.34. The van der Waals surface area contributed by atoms with E-state index in [1.807, 2.05) is 78.2 Å². The van der Waals surface area contributed by atoms with Crippen molar-refractivity contribution in [1.29, 1.82) is 0 Å². The number of benzene rings is 2. The van der Waals surface area contributed by atoms with Crippen LogP contribution >= 0.6 is 0 Å². The van der Waals surface area contributed by atoms with Crippen LogP contribution < -0.4 is 0 Å². The smallest absolute Gasteiger partial charge is 0.335 e. The van der Waals surface area contributed by atoms with Crippen LogP contribution in [0.1, 0.15) is 46.7 Å². The maximum absolute atomic E-state index is 13.2. The summed E-state index contributed by atoms with van der Waals surface area (Å²) >= 11 is 0. The molecule has 2 aromatic carbocycles. The molecular weight excluding hydrogens is 442 g/mol. The summed E-state index contributed by atoms with van der Waals surface area (Å²) in [5, 5.41) is 9.23. The normalized spacial score (nSPS) is 11.9. The standard InChI is InChI=1S/C28H27N3O4/c1-19-9-11-22(12-10-19)25(32)26-30-23-17-29-14-13-24(23)31(26)15-5-8-20-6-4-7-21(16-20)18-35-28(2,3)27(33)34/h4-14,16-17H,15,18H2,1-3H3,(H,33,34)/b8-5+. The van der Waals surface area contributed by atoms with Crippen LogP contribution in [-0.2, 0) is 22.7 Å². The summed E-state index contributed by atoms with van der Waals surface area (Å²) in [6.45, 7) is 5.67. The average molecular weight is 470 g/mol. The van der Waals surface area contributed by atoms with Gasteiger partial charge in [-0.3, -0.25) is 9.78 Å². The maximum atomic E-state index is 13.2. The van der Waals surface area contributed by atoms with Crippen molar-refractivity contribution in [2.75, 3.05) is 0 Å². The summed E-state index contributed by atoms with van der Waals surface area (Å²) in [5.74, 6) is -0.790. The van der Waals surface area contributed by atoms with Gasteiger partial charge in [-0.1, -0.05) is 60.2 Å². The largest absolute Gasteiger partial charge is 0.479 e. The predicted octanol–water partition coefficient (Wildman–Crippen LogP) is 5.06. The summed E-state index contributed by atoms with van der Waals surface area (Å²) in [5.41, 5.74) is 3.72. The van der Waals surface area contributed by atoms with Crippen molar-refractivity contribution in [3.63, 3.8) is 0 Å². The number of carboxylic acids is 1. The number of nitrogens with zero attached hydrogens (tertiary/aromatic N) is 3. The highest BCUT2D eigenvalue weighted by Crippen LogP contribution is 2.19. The Kier molecular flexibility index (Phi) is 6.89. The van der Waals surface area contributed by atoms with Crippen LogP contribution in [0.4, 0.5) is 0 Å². The zero-order chi connectivity index (χ0) is 25.0. The van der Waals surface area contributed by atoms with Crippen LogP contribution in [0.2, 0.25) is 0 Å². The van der Waals surface area contributed by atoms with Crippen LogP contribution in [0.25, 0.3) is 17.1 Å². The van der Waals surface area contributed by atoms with Crippen LogP contribution in [0, 0.1) is 6.92 Å². The Morgan fingerprint density at radius 1 is 1.11 bits per heavy atom. The number of pyridine rings is 1. The number of ether oxygens (including phenoxy) is 1. The van der Waals surface area contributed by atoms with Crippen molar-refractivity contribution < 1.29 is 19.4 Å². The molecule has 4 aromatic rings. The number of rotatable bonds is 9. The van der Waals surface area contributed by atoms with E-state index in [0.29, 0.717) is 23.4 Å². The lowest BCUT2D eigenvalue weighted by atomic mass is 10.1. The highest BCUT2D eigenvalue weighted by molar-refractivity contribution is 6.08. The Morgan fingerprint density at radius 2 is 1.89 bits per heavy atom. The molecule has 0 unspecified atom stereocenters. The molecule has 0 aliphatic heterocycles. The Labute approximate surface area is 203 Å². The number of aromatic nitrogens is 3. The Bertz CT molecular complexity index is 1400. The first-order chi connectivity index (χ1) is 16.7. The van der Waals surface area contributed by atoms with E-state index in [2.05, 4.69) is 9.97 Å². The van der Waals surface area contributed by atoms with Gasteiger partial charge in [0.15, 0.2) is 11.4 Å². The number of ketones is 1. The first kappa shape index (κ1) is 24.0. The van der Waals surface area contributed by atoms with E-state index in [9.17, 15) is 14.7 Å². The van der Waals surface area contributed by atoms with E-state index in [0.717, 1.165) is 22.2 Å². The number of carbonyl (C=O) groups is 2. The first-order valence-corrected chi connectivity index (χ1v) is 11.3. The summed E-state index contributed by atoms with van der Waals surface area (Å²) in [6.07, 6.45) is 7.27. The zero-order valence-electron chi connectivity index (χ0n) is 19.9. The molecule has 0 saturated heterocycles. The van der Waals surface area contributed by atoms with Gasteiger partial charge in [0.1, 0.15) is 5.52 Å². The molecule has 7 nitrogen and oxygen atoms in total. The molecule has 35 heavy (non-hydrogen) atoms. The summed E-state index contributed by atoms with van der Waals surface area (Å²) in [6, 6.07) is 17.0. The molecule has 4 rings (SSSR count). The zero-order valence-corrected chi connectivity index (χ0v) is 19.9. The number of fused-ring (bicyclic) bond motifs is 1. The van der Waals surface area contributed by atoms with Gasteiger partial charge in [-0.2, -0.15) is 0 Å². The molecule has 0 radical (unpaired) electrons. The Hall–Kier alpha value is -4.10. The number of hydrogen-bond donors (Lipinski definition) is 1. The number of carboxylic acid groups (broad SMARTS) is 1. The van der Waals surface area contributed by atoms with Crippen LogP contribution in [-0.4, -0.2) is 37.0 Å². The third kappa shape index (κ3) is 5.53. The third-order valence-electron chi connectivity index (χ3n) is 5.73. The average Bonchev–Trinajstić information content (AvgIpc) is 3.22. The SMILES string of the molecule is Cc1ccc(C(=O)c2nc3cnccc3n2C/C=C/c2cccc(COC(C)(C)C(=O)O)c2)cc1. The van der Waals surface area contributed by atoms with Gasteiger partial charge in [0.05, 0.1) is 18.3 Å². The van der Waals surface area contributed by atoms with Crippen LogP contribution in [0.5, 0.6) is 0 Å². The Morgan fingerprint density at radius 3 is 2.63 bits per heavy atom. The molecule has 0 atom stereocenters. The van der Waals surface area contributed by atoms with Gasteiger partial charge in [-0.15, -0.1) is 0 Å². The fraction of sp³-hybridized carbons (Fsp3) is 0.214. The van der Waals surface area contributed by atoms with Gasteiger partial charge in [0, 0.05) is 18.3 Å².